The van der Waals surface area contributed by atoms with Crippen molar-refractivity contribution in [2.45, 2.75) is 6.42 Å². The van der Waals surface area contributed by atoms with Crippen molar-refractivity contribution in [1.82, 2.24) is 10.2 Å². The minimum absolute atomic E-state index is 0.250. The van der Waals surface area contributed by atoms with Crippen LogP contribution in [0, 0.1) is 0 Å². The number of carboxylic acid groups (broad SMARTS) is 1. The van der Waals surface area contributed by atoms with Crippen molar-refractivity contribution in [3.05, 3.63) is 76.4 Å². The summed E-state index contributed by atoms with van der Waals surface area (Å²) in [7, 11) is 0. The van der Waals surface area contributed by atoms with Gasteiger partial charge in [-0.1, -0.05) is 35.9 Å². The maximum Gasteiger partial charge on any atom is 0.335 e. The first kappa shape index (κ1) is 14.4. The number of halogens is 1. The smallest absolute Gasteiger partial charge is 0.335 e. The van der Waals surface area contributed by atoms with E-state index in [9.17, 15) is 4.79 Å². The minimum atomic E-state index is -0.946. The van der Waals surface area contributed by atoms with Crippen LogP contribution in [0.4, 0.5) is 0 Å². The second kappa shape index (κ2) is 6.03. The van der Waals surface area contributed by atoms with Crippen LogP contribution in [0.1, 0.15) is 21.6 Å². The van der Waals surface area contributed by atoms with Gasteiger partial charge in [-0.3, -0.25) is 5.10 Å². The molecule has 3 aromatic rings. The van der Waals surface area contributed by atoms with E-state index >= 15 is 0 Å². The molecule has 0 aliphatic rings. The Kier molecular flexibility index (Phi) is 3.94. The predicted molar refractivity (Wildman–Crippen MR) is 85.2 cm³/mol. The monoisotopic (exact) mass is 312 g/mol. The maximum atomic E-state index is 11.0. The molecule has 22 heavy (non-hydrogen) atoms. The number of carbonyl (C=O) groups is 1. The van der Waals surface area contributed by atoms with E-state index in [0.29, 0.717) is 11.4 Å². The highest BCUT2D eigenvalue weighted by Crippen LogP contribution is 2.20. The van der Waals surface area contributed by atoms with Crippen LogP contribution < -0.4 is 0 Å². The molecule has 3 rings (SSSR count). The topological polar surface area (TPSA) is 66.0 Å². The largest absolute Gasteiger partial charge is 0.478 e. The van der Waals surface area contributed by atoms with Crippen LogP contribution in [-0.4, -0.2) is 21.3 Å². The van der Waals surface area contributed by atoms with Crippen molar-refractivity contribution < 1.29 is 9.90 Å². The maximum absolute atomic E-state index is 11.0. The van der Waals surface area contributed by atoms with E-state index in [2.05, 4.69) is 10.2 Å². The number of benzene rings is 2. The van der Waals surface area contributed by atoms with E-state index < -0.39 is 5.97 Å². The average Bonchev–Trinajstić information content (AvgIpc) is 2.98. The Morgan fingerprint density at radius 2 is 1.91 bits per heavy atom. The molecule has 0 saturated heterocycles. The highest BCUT2D eigenvalue weighted by atomic mass is 35.5. The van der Waals surface area contributed by atoms with Crippen molar-refractivity contribution >= 4 is 17.6 Å². The molecule has 0 unspecified atom stereocenters. The van der Waals surface area contributed by atoms with Gasteiger partial charge in [-0.15, -0.1) is 0 Å². The van der Waals surface area contributed by atoms with E-state index in [0.717, 1.165) is 22.5 Å². The molecule has 0 spiro atoms. The molecule has 5 heteroatoms. The van der Waals surface area contributed by atoms with Crippen molar-refractivity contribution in [3.63, 3.8) is 0 Å². The number of aromatic amines is 1. The van der Waals surface area contributed by atoms with E-state index in [1.165, 1.54) is 0 Å². The molecular formula is C17H13ClN2O2. The fraction of sp³-hybridized carbons (Fsp3) is 0.0588. The number of hydrogen-bond donors (Lipinski definition) is 2. The lowest BCUT2D eigenvalue weighted by Crippen LogP contribution is -1.95. The fourth-order valence-corrected chi connectivity index (χ4v) is 2.36. The molecule has 0 aliphatic carbocycles. The molecule has 110 valence electrons. The van der Waals surface area contributed by atoms with Gasteiger partial charge >= 0.3 is 5.97 Å². The quantitative estimate of drug-likeness (QED) is 0.764. The summed E-state index contributed by atoms with van der Waals surface area (Å²) >= 11 is 5.87. The third-order valence-corrected chi connectivity index (χ3v) is 3.60. The lowest BCUT2D eigenvalue weighted by Gasteiger charge is -1.99. The summed E-state index contributed by atoms with van der Waals surface area (Å²) in [5.74, 6) is -0.946. The first-order valence-electron chi connectivity index (χ1n) is 6.74. The van der Waals surface area contributed by atoms with Gasteiger partial charge in [0.05, 0.1) is 11.3 Å². The molecule has 0 radical (unpaired) electrons. The van der Waals surface area contributed by atoms with E-state index in [-0.39, 0.29) is 5.56 Å². The zero-order chi connectivity index (χ0) is 15.5. The summed E-state index contributed by atoms with van der Waals surface area (Å²) in [5.41, 5.74) is 3.84. The lowest BCUT2D eigenvalue weighted by molar-refractivity contribution is 0.0697. The molecule has 0 amide bonds. The van der Waals surface area contributed by atoms with Crippen molar-refractivity contribution in [1.29, 1.82) is 0 Å². The standard InChI is InChI=1S/C17H13ClN2O2/c18-14-6-4-11(5-7-14)8-15-10-16(20-19-15)12-2-1-3-13(9-12)17(21)22/h1-7,9-10H,8H2,(H,19,20)(H,21,22). The average molecular weight is 313 g/mol. The van der Waals surface area contributed by atoms with Crippen LogP contribution in [0.15, 0.2) is 54.6 Å². The van der Waals surface area contributed by atoms with Gasteiger partial charge in [-0.05, 0) is 35.9 Å². The first-order chi connectivity index (χ1) is 10.6. The molecule has 2 aromatic carbocycles. The second-order valence-electron chi connectivity index (χ2n) is 4.97. The molecule has 0 aliphatic heterocycles. The Bertz CT molecular complexity index is 810. The van der Waals surface area contributed by atoms with Crippen LogP contribution in [0.3, 0.4) is 0 Å². The first-order valence-corrected chi connectivity index (χ1v) is 7.12. The number of aromatic nitrogens is 2. The minimum Gasteiger partial charge on any atom is -0.478 e. The van der Waals surface area contributed by atoms with Gasteiger partial charge in [-0.2, -0.15) is 5.10 Å². The normalized spacial score (nSPS) is 10.6. The highest BCUT2D eigenvalue weighted by molar-refractivity contribution is 6.30. The number of carboxylic acids is 1. The van der Waals surface area contributed by atoms with Crippen molar-refractivity contribution in [2.75, 3.05) is 0 Å². The Hall–Kier alpha value is -2.59. The second-order valence-corrected chi connectivity index (χ2v) is 5.40. The Morgan fingerprint density at radius 1 is 1.14 bits per heavy atom. The van der Waals surface area contributed by atoms with Gasteiger partial charge in [0.1, 0.15) is 0 Å². The van der Waals surface area contributed by atoms with Gasteiger partial charge in [0.25, 0.3) is 0 Å². The fourth-order valence-electron chi connectivity index (χ4n) is 2.23. The molecule has 0 atom stereocenters. The number of rotatable bonds is 4. The lowest BCUT2D eigenvalue weighted by atomic mass is 10.1. The number of nitrogens with zero attached hydrogens (tertiary/aromatic N) is 1. The Morgan fingerprint density at radius 3 is 2.64 bits per heavy atom. The summed E-state index contributed by atoms with van der Waals surface area (Å²) in [6, 6.07) is 16.3. The molecule has 0 bridgehead atoms. The van der Waals surface area contributed by atoms with Gasteiger partial charge in [0, 0.05) is 22.7 Å². The zero-order valence-corrected chi connectivity index (χ0v) is 12.3. The van der Waals surface area contributed by atoms with E-state index in [1.807, 2.05) is 36.4 Å². The summed E-state index contributed by atoms with van der Waals surface area (Å²) in [6.07, 6.45) is 0.711. The number of nitrogens with one attached hydrogen (secondary N) is 1. The number of hydrogen-bond acceptors (Lipinski definition) is 2. The Labute approximate surface area is 132 Å². The summed E-state index contributed by atoms with van der Waals surface area (Å²) in [6.45, 7) is 0. The van der Waals surface area contributed by atoms with Crippen molar-refractivity contribution in [3.8, 4) is 11.3 Å². The Balaban J connectivity index is 1.83. The van der Waals surface area contributed by atoms with Crippen LogP contribution >= 0.6 is 11.6 Å². The van der Waals surface area contributed by atoms with Crippen molar-refractivity contribution in [2.24, 2.45) is 0 Å². The molecule has 0 fully saturated rings. The summed E-state index contributed by atoms with van der Waals surface area (Å²) in [4.78, 5) is 11.0. The van der Waals surface area contributed by atoms with Crippen LogP contribution in [0.2, 0.25) is 5.02 Å². The summed E-state index contributed by atoms with van der Waals surface area (Å²) < 4.78 is 0. The van der Waals surface area contributed by atoms with E-state index in [1.54, 1.807) is 18.2 Å². The molecule has 1 heterocycles. The van der Waals surface area contributed by atoms with Crippen LogP contribution in [0.25, 0.3) is 11.3 Å². The molecule has 2 N–H and O–H groups in total. The predicted octanol–water partition coefficient (Wildman–Crippen LogP) is 4.02. The molecular weight excluding hydrogens is 300 g/mol. The van der Waals surface area contributed by atoms with Crippen LogP contribution in [0.5, 0.6) is 0 Å². The highest BCUT2D eigenvalue weighted by Gasteiger charge is 2.08. The third kappa shape index (κ3) is 3.18. The van der Waals surface area contributed by atoms with Gasteiger partial charge in [0.2, 0.25) is 0 Å². The molecule has 4 nitrogen and oxygen atoms in total. The van der Waals surface area contributed by atoms with Gasteiger partial charge < -0.3 is 5.11 Å². The summed E-state index contributed by atoms with van der Waals surface area (Å²) in [5, 5.41) is 17.0. The van der Waals surface area contributed by atoms with Gasteiger partial charge in [0.15, 0.2) is 0 Å². The number of aromatic carboxylic acids is 1. The van der Waals surface area contributed by atoms with Crippen LogP contribution in [-0.2, 0) is 6.42 Å². The third-order valence-electron chi connectivity index (χ3n) is 3.34. The SMILES string of the molecule is O=C(O)c1cccc(-c2cc(Cc3ccc(Cl)cc3)[nH]n2)c1. The molecule has 1 aromatic heterocycles. The number of H-pyrrole nitrogens is 1. The van der Waals surface area contributed by atoms with Gasteiger partial charge in [-0.25, -0.2) is 4.79 Å². The van der Waals surface area contributed by atoms with E-state index in [4.69, 9.17) is 16.7 Å². The molecule has 0 saturated carbocycles. The zero-order valence-electron chi connectivity index (χ0n) is 11.6.